The predicted molar refractivity (Wildman–Crippen MR) is 73.7 cm³/mol. The van der Waals surface area contributed by atoms with Crippen molar-refractivity contribution in [1.29, 1.82) is 0 Å². The van der Waals surface area contributed by atoms with Crippen molar-refractivity contribution in [3.63, 3.8) is 0 Å². The van der Waals surface area contributed by atoms with Gasteiger partial charge in [0.15, 0.2) is 0 Å². The third-order valence-corrected chi connectivity index (χ3v) is 2.76. The Morgan fingerprint density at radius 3 is 2.80 bits per heavy atom. The van der Waals surface area contributed by atoms with Gasteiger partial charge in [0.2, 0.25) is 5.91 Å². The zero-order valence-electron chi connectivity index (χ0n) is 10.8. The van der Waals surface area contributed by atoms with Crippen molar-refractivity contribution in [3.05, 3.63) is 51.4 Å². The van der Waals surface area contributed by atoms with Crippen LogP contribution in [0.1, 0.15) is 16.8 Å². The van der Waals surface area contributed by atoms with Gasteiger partial charge in [-0.15, -0.1) is 0 Å². The van der Waals surface area contributed by atoms with Gasteiger partial charge in [-0.2, -0.15) is 5.10 Å². The van der Waals surface area contributed by atoms with Crippen LogP contribution in [0.3, 0.4) is 0 Å². The van der Waals surface area contributed by atoms with Crippen molar-refractivity contribution in [3.8, 4) is 5.75 Å². The van der Waals surface area contributed by atoms with E-state index in [1.807, 2.05) is 0 Å². The fourth-order valence-corrected chi connectivity index (χ4v) is 1.66. The molecule has 2 rings (SSSR count). The average molecular weight is 274 g/mol. The van der Waals surface area contributed by atoms with Gasteiger partial charge in [-0.25, -0.2) is 5.43 Å². The minimum atomic E-state index is -0.412. The molecule has 4 N–H and O–H groups in total. The molecular weight excluding hydrogens is 260 g/mol. The summed E-state index contributed by atoms with van der Waals surface area (Å²) in [5.41, 5.74) is 3.47. The molecule has 7 nitrogen and oxygen atoms in total. The summed E-state index contributed by atoms with van der Waals surface area (Å²) >= 11 is 0. The van der Waals surface area contributed by atoms with Crippen molar-refractivity contribution in [2.75, 3.05) is 0 Å². The van der Waals surface area contributed by atoms with Crippen LogP contribution in [0.15, 0.2) is 34.2 Å². The lowest BCUT2D eigenvalue weighted by Gasteiger charge is -1.99. The number of hydrazone groups is 1. The van der Waals surface area contributed by atoms with E-state index in [4.69, 9.17) is 0 Å². The second-order valence-corrected chi connectivity index (χ2v) is 4.21. The van der Waals surface area contributed by atoms with Crippen LogP contribution < -0.4 is 11.0 Å². The normalized spacial score (nSPS) is 10.8. The number of nitrogens with zero attached hydrogens (tertiary/aromatic N) is 1. The Morgan fingerprint density at radius 2 is 2.15 bits per heavy atom. The molecular formula is C13H14N4O3. The summed E-state index contributed by atoms with van der Waals surface area (Å²) in [5, 5.41) is 18.3. The van der Waals surface area contributed by atoms with Gasteiger partial charge >= 0.3 is 0 Å². The minimum Gasteiger partial charge on any atom is -0.507 e. The highest BCUT2D eigenvalue weighted by molar-refractivity contribution is 5.85. The Balaban J connectivity index is 1.96. The largest absolute Gasteiger partial charge is 0.507 e. The van der Waals surface area contributed by atoms with Crippen LogP contribution in [0, 0.1) is 6.92 Å². The number of H-pyrrole nitrogens is 2. The van der Waals surface area contributed by atoms with E-state index in [0.29, 0.717) is 16.8 Å². The maximum atomic E-state index is 11.6. The molecule has 0 unspecified atom stereocenters. The molecule has 7 heteroatoms. The Kier molecular flexibility index (Phi) is 3.99. The lowest BCUT2D eigenvalue weighted by molar-refractivity contribution is -0.120. The number of carbonyl (C=O) groups excluding carboxylic acids is 1. The molecule has 0 aliphatic carbocycles. The molecule has 104 valence electrons. The smallest absolute Gasteiger partial charge is 0.267 e. The summed E-state index contributed by atoms with van der Waals surface area (Å²) in [6.45, 7) is 1.70. The van der Waals surface area contributed by atoms with Crippen LogP contribution in [-0.2, 0) is 11.2 Å². The van der Waals surface area contributed by atoms with Crippen molar-refractivity contribution in [2.45, 2.75) is 13.3 Å². The number of carbonyl (C=O) groups is 1. The first kappa shape index (κ1) is 13.6. The monoisotopic (exact) mass is 274 g/mol. The second kappa shape index (κ2) is 5.87. The first-order chi connectivity index (χ1) is 9.58. The molecule has 0 spiro atoms. The lowest BCUT2D eigenvalue weighted by Crippen LogP contribution is -2.23. The lowest BCUT2D eigenvalue weighted by atomic mass is 10.2. The summed E-state index contributed by atoms with van der Waals surface area (Å²) < 4.78 is 0. The third kappa shape index (κ3) is 3.14. The van der Waals surface area contributed by atoms with Gasteiger partial charge < -0.3 is 10.2 Å². The van der Waals surface area contributed by atoms with Gasteiger partial charge in [0.1, 0.15) is 5.75 Å². The number of nitrogens with one attached hydrogen (secondary N) is 3. The fourth-order valence-electron chi connectivity index (χ4n) is 1.66. The highest BCUT2D eigenvalue weighted by atomic mass is 16.3. The van der Waals surface area contributed by atoms with Gasteiger partial charge in [-0.3, -0.25) is 14.7 Å². The minimum absolute atomic E-state index is 0.0667. The topological polar surface area (TPSA) is 110 Å². The van der Waals surface area contributed by atoms with E-state index in [2.05, 4.69) is 20.7 Å². The van der Waals surface area contributed by atoms with Gasteiger partial charge in [-0.05, 0) is 19.1 Å². The van der Waals surface area contributed by atoms with Crippen molar-refractivity contribution < 1.29 is 9.90 Å². The van der Waals surface area contributed by atoms with Crippen LogP contribution in [0.4, 0.5) is 0 Å². The highest BCUT2D eigenvalue weighted by Gasteiger charge is 2.10. The fraction of sp³-hybridized carbons (Fsp3) is 0.154. The Morgan fingerprint density at radius 1 is 1.40 bits per heavy atom. The molecule has 1 heterocycles. The van der Waals surface area contributed by atoms with Crippen molar-refractivity contribution >= 4 is 12.1 Å². The maximum absolute atomic E-state index is 11.6. The molecule has 0 atom stereocenters. The van der Waals surface area contributed by atoms with Crippen LogP contribution in [-0.4, -0.2) is 27.4 Å². The molecule has 0 saturated heterocycles. The molecule has 1 aromatic carbocycles. The number of aryl methyl sites for hydroxylation is 1. The summed E-state index contributed by atoms with van der Waals surface area (Å²) in [5.74, 6) is -0.340. The molecule has 1 amide bonds. The first-order valence-electron chi connectivity index (χ1n) is 5.94. The molecule has 0 radical (unpaired) electrons. The van der Waals surface area contributed by atoms with E-state index < -0.39 is 5.91 Å². The molecule has 0 fully saturated rings. The zero-order chi connectivity index (χ0) is 14.5. The van der Waals surface area contributed by atoms with Crippen molar-refractivity contribution in [2.24, 2.45) is 5.10 Å². The number of hydrogen-bond donors (Lipinski definition) is 4. The van der Waals surface area contributed by atoms with Gasteiger partial charge in [-0.1, -0.05) is 12.1 Å². The van der Waals surface area contributed by atoms with Crippen LogP contribution in [0.2, 0.25) is 0 Å². The Bertz CT molecular complexity index is 700. The summed E-state index contributed by atoms with van der Waals surface area (Å²) in [6.07, 6.45) is 1.27. The number of aromatic amines is 2. The molecule has 20 heavy (non-hydrogen) atoms. The summed E-state index contributed by atoms with van der Waals surface area (Å²) in [7, 11) is 0. The van der Waals surface area contributed by atoms with Gasteiger partial charge in [0.25, 0.3) is 5.56 Å². The van der Waals surface area contributed by atoms with E-state index in [9.17, 15) is 14.7 Å². The van der Waals surface area contributed by atoms with Gasteiger partial charge in [0, 0.05) is 16.8 Å². The third-order valence-electron chi connectivity index (χ3n) is 2.76. The van der Waals surface area contributed by atoms with E-state index in [-0.39, 0.29) is 17.7 Å². The van der Waals surface area contributed by atoms with Crippen LogP contribution in [0.25, 0.3) is 0 Å². The number of aromatic hydroxyl groups is 1. The SMILES string of the molecule is Cc1[nH][nH]c(=O)c1CC(=O)NN=Cc1ccccc1O. The number of para-hydroxylation sites is 1. The molecule has 0 aliphatic rings. The van der Waals surface area contributed by atoms with Crippen LogP contribution in [0.5, 0.6) is 5.75 Å². The molecule has 0 aliphatic heterocycles. The number of amides is 1. The number of phenolic OH excluding ortho intramolecular Hbond substituents is 1. The zero-order valence-corrected chi connectivity index (χ0v) is 10.8. The second-order valence-electron chi connectivity index (χ2n) is 4.21. The number of rotatable bonds is 4. The van der Waals surface area contributed by atoms with E-state index >= 15 is 0 Å². The quantitative estimate of drug-likeness (QED) is 0.478. The predicted octanol–water partition coefficient (Wildman–Crippen LogP) is 0.410. The summed E-state index contributed by atoms with van der Waals surface area (Å²) in [4.78, 5) is 23.0. The van der Waals surface area contributed by atoms with E-state index in [1.54, 1.807) is 25.1 Å². The molecule has 0 bridgehead atoms. The average Bonchev–Trinajstić information content (AvgIpc) is 2.73. The molecule has 2 aromatic rings. The van der Waals surface area contributed by atoms with Crippen LogP contribution >= 0.6 is 0 Å². The molecule has 1 aromatic heterocycles. The summed E-state index contributed by atoms with van der Waals surface area (Å²) in [6, 6.07) is 6.61. The number of phenols is 1. The number of benzene rings is 1. The Hall–Kier alpha value is -2.83. The van der Waals surface area contributed by atoms with E-state index in [1.165, 1.54) is 12.3 Å². The Labute approximate surface area is 114 Å². The molecule has 0 saturated carbocycles. The number of hydrogen-bond acceptors (Lipinski definition) is 4. The first-order valence-corrected chi connectivity index (χ1v) is 5.94. The van der Waals surface area contributed by atoms with Crippen molar-refractivity contribution in [1.82, 2.24) is 15.6 Å². The highest BCUT2D eigenvalue weighted by Crippen LogP contribution is 2.12. The maximum Gasteiger partial charge on any atom is 0.267 e. The number of aromatic nitrogens is 2. The van der Waals surface area contributed by atoms with E-state index in [0.717, 1.165) is 0 Å². The standard InChI is InChI=1S/C13H14N4O3/c1-8-10(13(20)17-15-8)6-12(19)16-14-7-9-4-2-3-5-11(9)18/h2-5,7,18H,6H2,1H3,(H,16,19)(H2,15,17,20). The van der Waals surface area contributed by atoms with Gasteiger partial charge in [0.05, 0.1) is 12.6 Å².